The lowest BCUT2D eigenvalue weighted by molar-refractivity contribution is -0.726. The molecule has 6 nitrogen and oxygen atoms in total. The van der Waals surface area contributed by atoms with Crippen LogP contribution in [-0.4, -0.2) is 16.2 Å². The molecule has 0 amide bonds. The molecule has 31 heavy (non-hydrogen) atoms. The number of aryl methyl sites for hydroxylation is 2. The number of carboxylic acid groups (broad SMARTS) is 1. The predicted octanol–water partition coefficient (Wildman–Crippen LogP) is 4.74. The maximum atomic E-state index is 11.8. The Labute approximate surface area is 183 Å². The lowest BCUT2D eigenvalue weighted by Gasteiger charge is -2.13. The van der Waals surface area contributed by atoms with Crippen molar-refractivity contribution in [3.63, 3.8) is 0 Å². The van der Waals surface area contributed by atoms with Crippen LogP contribution in [-0.2, 0) is 26.5 Å². The normalized spacial score (nSPS) is 12.2. The molecule has 1 aliphatic rings. The number of rotatable bonds is 6. The first kappa shape index (κ1) is 19.4. The van der Waals surface area contributed by atoms with Gasteiger partial charge in [0.15, 0.2) is 18.3 Å². The third kappa shape index (κ3) is 3.80. The van der Waals surface area contributed by atoms with E-state index < -0.39 is 5.97 Å². The van der Waals surface area contributed by atoms with Crippen molar-refractivity contribution in [2.45, 2.75) is 19.4 Å². The highest BCUT2D eigenvalue weighted by atomic mass is 32.1. The van der Waals surface area contributed by atoms with E-state index in [1.54, 1.807) is 0 Å². The van der Waals surface area contributed by atoms with Gasteiger partial charge in [-0.25, -0.2) is 4.79 Å². The first-order valence-corrected chi connectivity index (χ1v) is 10.8. The van der Waals surface area contributed by atoms with Crippen LogP contribution >= 0.6 is 11.3 Å². The Kier molecular flexibility index (Phi) is 4.95. The fourth-order valence-electron chi connectivity index (χ4n) is 3.87. The Morgan fingerprint density at radius 3 is 2.58 bits per heavy atom. The zero-order valence-electron chi connectivity index (χ0n) is 16.9. The highest BCUT2D eigenvalue weighted by Crippen LogP contribution is 2.47. The number of carbonyl (C=O) groups is 1. The number of H-pyrrole nitrogens is 1. The third-order valence-corrected chi connectivity index (χ3v) is 6.40. The molecule has 0 aliphatic heterocycles. The van der Waals surface area contributed by atoms with Crippen LogP contribution in [0.1, 0.15) is 26.4 Å². The van der Waals surface area contributed by atoms with Gasteiger partial charge in [0.2, 0.25) is 0 Å². The van der Waals surface area contributed by atoms with Gasteiger partial charge in [-0.1, -0.05) is 41.7 Å². The maximum Gasteiger partial charge on any atom is 0.346 e. The van der Waals surface area contributed by atoms with Crippen LogP contribution in [0.15, 0.2) is 60.8 Å². The smallest absolute Gasteiger partial charge is 0.346 e. The van der Waals surface area contributed by atoms with Crippen LogP contribution < -0.4 is 14.2 Å². The number of aromatic nitrogens is 2. The Morgan fingerprint density at radius 2 is 1.84 bits per heavy atom. The van der Waals surface area contributed by atoms with Crippen molar-refractivity contribution in [2.24, 2.45) is 7.05 Å². The maximum absolute atomic E-state index is 11.8. The molecule has 1 aliphatic carbocycles. The Morgan fingerprint density at radius 1 is 1.10 bits per heavy atom. The number of hydrogen-bond donors (Lipinski definition) is 2. The molecule has 0 saturated heterocycles. The quantitative estimate of drug-likeness (QED) is 0.431. The van der Waals surface area contributed by atoms with E-state index in [-0.39, 0.29) is 0 Å². The van der Waals surface area contributed by atoms with Crippen molar-refractivity contribution in [3.05, 3.63) is 82.4 Å². The molecule has 156 valence electrons. The second-order valence-corrected chi connectivity index (χ2v) is 8.46. The summed E-state index contributed by atoms with van der Waals surface area (Å²) in [6.07, 6.45) is 3.54. The lowest BCUT2D eigenvalue weighted by Crippen LogP contribution is -2.28. The van der Waals surface area contributed by atoms with Crippen LogP contribution in [0.4, 0.5) is 0 Å². The molecule has 2 aromatic carbocycles. The number of carboxylic acids is 1. The molecule has 0 saturated carbocycles. The van der Waals surface area contributed by atoms with Gasteiger partial charge >= 0.3 is 5.97 Å². The molecule has 0 radical (unpaired) electrons. The topological polar surface area (TPSA) is 75.4 Å². The summed E-state index contributed by atoms with van der Waals surface area (Å²) >= 11 is 1.18. The predicted molar refractivity (Wildman–Crippen MR) is 117 cm³/mol. The minimum Gasteiger partial charge on any atom is -0.489 e. The molecular weight excluding hydrogens is 412 g/mol. The summed E-state index contributed by atoms with van der Waals surface area (Å²) in [6.45, 7) is 0.494. The number of nitrogens with zero attached hydrogens (tertiary/aromatic N) is 1. The minimum absolute atomic E-state index is 0.343. The number of benzene rings is 2. The molecule has 0 atom stereocenters. The average Bonchev–Trinajstić information content (AvgIpc) is 3.33. The standard InChI is InChI=1S/C24H20N2O4S/c1-26-13-16-7-12-19-20(21(16)25-26)24(31-22(19)23(27)28)30-18-10-8-17(9-11-18)29-14-15-5-3-2-4-6-15/h2-6,8-11,13H,7,12,14H2,1H3,(H,27,28)/p+1. The van der Waals surface area contributed by atoms with E-state index in [1.165, 1.54) is 16.9 Å². The van der Waals surface area contributed by atoms with E-state index in [2.05, 4.69) is 5.10 Å². The van der Waals surface area contributed by atoms with E-state index in [0.29, 0.717) is 28.7 Å². The number of aromatic amines is 1. The van der Waals surface area contributed by atoms with Crippen molar-refractivity contribution in [2.75, 3.05) is 0 Å². The molecule has 2 aromatic heterocycles. The Hall–Kier alpha value is -3.58. The summed E-state index contributed by atoms with van der Waals surface area (Å²) in [5, 5.41) is 13.6. The molecule has 2 N–H and O–H groups in total. The van der Waals surface area contributed by atoms with E-state index >= 15 is 0 Å². The van der Waals surface area contributed by atoms with E-state index in [4.69, 9.17) is 9.47 Å². The first-order chi connectivity index (χ1) is 15.1. The van der Waals surface area contributed by atoms with E-state index in [1.807, 2.05) is 72.5 Å². The number of nitrogens with one attached hydrogen (secondary N) is 1. The van der Waals surface area contributed by atoms with E-state index in [9.17, 15) is 9.90 Å². The summed E-state index contributed by atoms with van der Waals surface area (Å²) in [7, 11) is 1.93. The number of ether oxygens (including phenoxy) is 2. The minimum atomic E-state index is -0.917. The van der Waals surface area contributed by atoms with Gasteiger partial charge < -0.3 is 14.6 Å². The molecule has 4 aromatic rings. The SMILES string of the molecule is C[n+]1cc2c([nH]1)-c1c(Oc3ccc(OCc4ccccc4)cc3)sc(C(=O)O)c1CC2. The van der Waals surface area contributed by atoms with Crippen LogP contribution in [0.25, 0.3) is 11.3 Å². The van der Waals surface area contributed by atoms with Gasteiger partial charge in [0.05, 0.1) is 5.56 Å². The molecule has 0 spiro atoms. The highest BCUT2D eigenvalue weighted by molar-refractivity contribution is 7.16. The fourth-order valence-corrected chi connectivity index (χ4v) is 4.94. The zero-order chi connectivity index (χ0) is 21.4. The number of hydrogen-bond acceptors (Lipinski definition) is 4. The summed E-state index contributed by atoms with van der Waals surface area (Å²) in [5.74, 6) is 0.463. The lowest BCUT2D eigenvalue weighted by atomic mass is 9.92. The van der Waals surface area contributed by atoms with Crippen molar-refractivity contribution >= 4 is 17.3 Å². The number of fused-ring (bicyclic) bond motifs is 3. The highest BCUT2D eigenvalue weighted by Gasteiger charge is 2.32. The van der Waals surface area contributed by atoms with Gasteiger partial charge in [-0.2, -0.15) is 5.10 Å². The largest absolute Gasteiger partial charge is 0.489 e. The second kappa shape index (κ2) is 7.92. The summed E-state index contributed by atoms with van der Waals surface area (Å²) in [6, 6.07) is 17.4. The molecular formula is C24H21N2O4S+. The van der Waals surface area contributed by atoms with Gasteiger partial charge in [0.1, 0.15) is 28.7 Å². The molecule has 0 fully saturated rings. The second-order valence-electron chi connectivity index (χ2n) is 7.48. The van der Waals surface area contributed by atoms with Crippen molar-refractivity contribution in [1.82, 2.24) is 5.10 Å². The van der Waals surface area contributed by atoms with Crippen molar-refractivity contribution < 1.29 is 24.1 Å². The van der Waals surface area contributed by atoms with Gasteiger partial charge in [-0.3, -0.25) is 0 Å². The number of aromatic carboxylic acids is 1. The van der Waals surface area contributed by atoms with Gasteiger partial charge in [0, 0.05) is 5.56 Å². The average molecular weight is 434 g/mol. The van der Waals surface area contributed by atoms with Crippen molar-refractivity contribution in [3.8, 4) is 27.8 Å². The van der Waals surface area contributed by atoms with Gasteiger partial charge in [-0.15, -0.1) is 4.68 Å². The van der Waals surface area contributed by atoms with Gasteiger partial charge in [-0.05, 0) is 48.2 Å². The molecule has 5 rings (SSSR count). The summed E-state index contributed by atoms with van der Waals surface area (Å²) in [5.41, 5.74) is 4.90. The molecule has 2 heterocycles. The zero-order valence-corrected chi connectivity index (χ0v) is 17.7. The van der Waals surface area contributed by atoms with Crippen LogP contribution in [0.5, 0.6) is 16.6 Å². The summed E-state index contributed by atoms with van der Waals surface area (Å²) in [4.78, 5) is 12.2. The van der Waals surface area contributed by atoms with Crippen LogP contribution in [0.3, 0.4) is 0 Å². The molecule has 0 unspecified atom stereocenters. The van der Waals surface area contributed by atoms with E-state index in [0.717, 1.165) is 34.6 Å². The Balaban J connectivity index is 1.40. The van der Waals surface area contributed by atoms with Gasteiger partial charge in [0.25, 0.3) is 0 Å². The number of thiophene rings is 1. The molecule has 7 heteroatoms. The Bertz CT molecular complexity index is 1240. The summed E-state index contributed by atoms with van der Waals surface area (Å²) < 4.78 is 13.9. The van der Waals surface area contributed by atoms with Crippen LogP contribution in [0.2, 0.25) is 0 Å². The third-order valence-electron chi connectivity index (χ3n) is 5.30. The van der Waals surface area contributed by atoms with Crippen molar-refractivity contribution in [1.29, 1.82) is 0 Å². The first-order valence-electron chi connectivity index (χ1n) is 10.00. The monoisotopic (exact) mass is 433 g/mol. The van der Waals surface area contributed by atoms with Crippen LogP contribution in [0, 0.1) is 0 Å². The molecule has 0 bridgehead atoms. The fraction of sp³-hybridized carbons (Fsp3) is 0.167.